The Bertz CT molecular complexity index is 469. The number of benzene rings is 2. The highest BCUT2D eigenvalue weighted by Gasteiger charge is 2.06. The second kappa shape index (κ2) is 6.98. The highest BCUT2D eigenvalue weighted by Crippen LogP contribution is 2.25. The molecule has 1 heteroatoms. The van der Waals surface area contributed by atoms with E-state index >= 15 is 0 Å². The molecule has 0 N–H and O–H groups in total. The van der Waals surface area contributed by atoms with Gasteiger partial charge in [-0.3, -0.25) is 0 Å². The second-order valence-electron chi connectivity index (χ2n) is 4.87. The molecule has 0 aliphatic rings. The minimum Gasteiger partial charge on any atom is -0.248 e. The number of hydrogen-bond acceptors (Lipinski definition) is 0. The maximum absolute atomic E-state index is 4.88. The lowest BCUT2D eigenvalue weighted by Crippen LogP contribution is -1.98. The van der Waals surface area contributed by atoms with Crippen molar-refractivity contribution in [2.75, 3.05) is 0 Å². The van der Waals surface area contributed by atoms with Crippen molar-refractivity contribution in [3.05, 3.63) is 59.7 Å². The van der Waals surface area contributed by atoms with Crippen LogP contribution in [0, 0.1) is 0 Å². The van der Waals surface area contributed by atoms with Crippen molar-refractivity contribution in [3.63, 3.8) is 0 Å². The van der Waals surface area contributed by atoms with Crippen LogP contribution in [0.5, 0.6) is 0 Å². The Kier molecular flexibility index (Phi) is 5.02. The molecule has 2 aromatic carbocycles. The average Bonchev–Trinajstić information content (AvgIpc) is 2.44. The molecule has 1 radical (unpaired) electrons. The van der Waals surface area contributed by atoms with E-state index in [1.54, 1.807) is 0 Å². The van der Waals surface area contributed by atoms with E-state index in [1.165, 1.54) is 11.1 Å². The molecule has 2 aromatic rings. The summed E-state index contributed by atoms with van der Waals surface area (Å²) in [5.41, 5.74) is 4.92. The van der Waals surface area contributed by atoms with Gasteiger partial charge in [-0.2, -0.15) is 0 Å². The van der Waals surface area contributed by atoms with Gasteiger partial charge >= 0.3 is 0 Å². The summed E-state index contributed by atoms with van der Waals surface area (Å²) >= 11 is 0. The Balaban J connectivity index is 2.25. The van der Waals surface area contributed by atoms with Crippen molar-refractivity contribution in [2.45, 2.75) is 39.5 Å². The van der Waals surface area contributed by atoms with Gasteiger partial charge in [0.2, 0.25) is 0 Å². The Morgan fingerprint density at radius 1 is 0.684 bits per heavy atom. The molecule has 99 valence electrons. The fourth-order valence-electron chi connectivity index (χ4n) is 2.33. The maximum Gasteiger partial charge on any atom is 0.0668 e. The molecule has 0 unspecified atom stereocenters. The highest BCUT2D eigenvalue weighted by molar-refractivity contribution is 5.56. The molecule has 19 heavy (non-hydrogen) atoms. The van der Waals surface area contributed by atoms with E-state index in [2.05, 4.69) is 62.4 Å². The highest BCUT2D eigenvalue weighted by atomic mass is 14.9. The Labute approximate surface area is 116 Å². The molecule has 0 aliphatic heterocycles. The van der Waals surface area contributed by atoms with Crippen LogP contribution in [0.3, 0.4) is 0 Å². The van der Waals surface area contributed by atoms with Gasteiger partial charge < -0.3 is 0 Å². The van der Waals surface area contributed by atoms with Crippen LogP contribution in [0.15, 0.2) is 48.5 Å². The van der Waals surface area contributed by atoms with E-state index < -0.39 is 0 Å². The predicted octanol–water partition coefficient (Wildman–Crippen LogP) is 5.16. The van der Waals surface area contributed by atoms with Gasteiger partial charge in [0.25, 0.3) is 0 Å². The zero-order valence-electron chi connectivity index (χ0n) is 11.9. The van der Waals surface area contributed by atoms with Gasteiger partial charge in [0.1, 0.15) is 0 Å². The summed E-state index contributed by atoms with van der Waals surface area (Å²) in [5, 5.41) is 4.88. The fraction of sp³-hybridized carbons (Fsp3) is 0.333. The Morgan fingerprint density at radius 3 is 1.53 bits per heavy atom. The summed E-state index contributed by atoms with van der Waals surface area (Å²) in [6, 6.07) is 16.9. The first-order chi connectivity index (χ1) is 9.35. The molecule has 0 aliphatic carbocycles. The van der Waals surface area contributed by atoms with Crippen molar-refractivity contribution in [1.82, 2.24) is 5.32 Å². The summed E-state index contributed by atoms with van der Waals surface area (Å²) < 4.78 is 0. The van der Waals surface area contributed by atoms with Crippen molar-refractivity contribution in [2.24, 2.45) is 0 Å². The lowest BCUT2D eigenvalue weighted by atomic mass is 10.1. The minimum absolute atomic E-state index is 1.09. The molecule has 0 saturated heterocycles. The van der Waals surface area contributed by atoms with E-state index in [1.807, 2.05) is 0 Å². The van der Waals surface area contributed by atoms with Crippen molar-refractivity contribution >= 4 is 11.4 Å². The van der Waals surface area contributed by atoms with Crippen LogP contribution >= 0.6 is 0 Å². The van der Waals surface area contributed by atoms with Crippen molar-refractivity contribution in [1.29, 1.82) is 0 Å². The van der Waals surface area contributed by atoms with Crippen LogP contribution in [0.25, 0.3) is 0 Å². The molecule has 0 amide bonds. The molecular weight excluding hydrogens is 230 g/mol. The van der Waals surface area contributed by atoms with Crippen molar-refractivity contribution < 1.29 is 0 Å². The predicted molar refractivity (Wildman–Crippen MR) is 82.3 cm³/mol. The van der Waals surface area contributed by atoms with Crippen LogP contribution in [0.2, 0.25) is 0 Å². The topological polar surface area (TPSA) is 14.1 Å². The van der Waals surface area contributed by atoms with Gasteiger partial charge in [-0.25, -0.2) is 5.32 Å². The zero-order chi connectivity index (χ0) is 13.5. The van der Waals surface area contributed by atoms with Crippen LogP contribution < -0.4 is 5.32 Å². The first-order valence-corrected chi connectivity index (χ1v) is 7.22. The third-order valence-electron chi connectivity index (χ3n) is 3.26. The van der Waals surface area contributed by atoms with Gasteiger partial charge in [-0.1, -0.05) is 63.1 Å². The van der Waals surface area contributed by atoms with Crippen LogP contribution in [-0.2, 0) is 12.8 Å². The molecule has 0 spiro atoms. The van der Waals surface area contributed by atoms with Gasteiger partial charge in [0.15, 0.2) is 0 Å². The van der Waals surface area contributed by atoms with Gasteiger partial charge in [0.05, 0.1) is 11.4 Å². The van der Waals surface area contributed by atoms with E-state index in [0.29, 0.717) is 0 Å². The average molecular weight is 252 g/mol. The van der Waals surface area contributed by atoms with Crippen LogP contribution in [0.1, 0.15) is 37.8 Å². The molecule has 0 fully saturated rings. The molecule has 0 aromatic heterocycles. The third-order valence-corrected chi connectivity index (χ3v) is 3.26. The summed E-state index contributed by atoms with van der Waals surface area (Å²) in [5.74, 6) is 0. The van der Waals surface area contributed by atoms with E-state index in [4.69, 9.17) is 5.32 Å². The van der Waals surface area contributed by atoms with E-state index in [9.17, 15) is 0 Å². The van der Waals surface area contributed by atoms with E-state index in [-0.39, 0.29) is 0 Å². The smallest absolute Gasteiger partial charge is 0.0668 e. The lowest BCUT2D eigenvalue weighted by molar-refractivity contribution is 0.898. The van der Waals surface area contributed by atoms with Gasteiger partial charge in [0, 0.05) is 0 Å². The molecule has 2 rings (SSSR count). The SMILES string of the molecule is CCCc1ccccc1[N]c1ccccc1CCC. The lowest BCUT2D eigenvalue weighted by Gasteiger charge is -2.12. The number of aryl methyl sites for hydroxylation is 2. The normalized spacial score (nSPS) is 10.4. The molecule has 0 bridgehead atoms. The number of para-hydroxylation sites is 2. The Hall–Kier alpha value is -1.76. The molecule has 0 saturated carbocycles. The third kappa shape index (κ3) is 3.60. The second-order valence-corrected chi connectivity index (χ2v) is 4.87. The number of hydrogen-bond donors (Lipinski definition) is 0. The Morgan fingerprint density at radius 2 is 1.11 bits per heavy atom. The summed E-state index contributed by atoms with van der Waals surface area (Å²) in [6.07, 6.45) is 4.50. The molecular formula is C18H22N. The minimum atomic E-state index is 1.09. The maximum atomic E-state index is 4.88. The largest absolute Gasteiger partial charge is 0.248 e. The van der Waals surface area contributed by atoms with Crippen LogP contribution in [0.4, 0.5) is 11.4 Å². The monoisotopic (exact) mass is 252 g/mol. The fourth-order valence-corrected chi connectivity index (χ4v) is 2.33. The van der Waals surface area contributed by atoms with Gasteiger partial charge in [-0.15, -0.1) is 0 Å². The zero-order valence-corrected chi connectivity index (χ0v) is 11.9. The van der Waals surface area contributed by atoms with Gasteiger partial charge in [-0.05, 0) is 36.1 Å². The van der Waals surface area contributed by atoms with Crippen molar-refractivity contribution in [3.8, 4) is 0 Å². The standard InChI is InChI=1S/C18H22N/c1-3-9-15-11-5-7-13-17(15)19-18-14-8-6-12-16(18)10-4-2/h5-8,11-14H,3-4,9-10H2,1-2H3. The molecule has 0 heterocycles. The molecule has 1 nitrogen and oxygen atoms in total. The summed E-state index contributed by atoms with van der Waals surface area (Å²) in [4.78, 5) is 0. The quantitative estimate of drug-likeness (QED) is 0.674. The van der Waals surface area contributed by atoms with Crippen LogP contribution in [-0.4, -0.2) is 0 Å². The first kappa shape index (κ1) is 13.7. The number of rotatable bonds is 6. The number of nitrogens with zero attached hydrogens (tertiary/aromatic N) is 1. The van der Waals surface area contributed by atoms with E-state index in [0.717, 1.165) is 37.1 Å². The molecule has 0 atom stereocenters. The first-order valence-electron chi connectivity index (χ1n) is 7.22. The summed E-state index contributed by atoms with van der Waals surface area (Å²) in [7, 11) is 0. The summed E-state index contributed by atoms with van der Waals surface area (Å²) in [6.45, 7) is 4.42.